The second kappa shape index (κ2) is 14.3. The predicted molar refractivity (Wildman–Crippen MR) is 116 cm³/mol. The molecule has 1 heterocycles. The number of rotatable bonds is 11. The third kappa shape index (κ3) is 8.55. The van der Waals surface area contributed by atoms with Gasteiger partial charge in [0, 0.05) is 6.54 Å². The van der Waals surface area contributed by atoms with E-state index in [9.17, 15) is 4.79 Å². The van der Waals surface area contributed by atoms with E-state index in [1.54, 1.807) is 4.90 Å². The number of halogens is 1. The summed E-state index contributed by atoms with van der Waals surface area (Å²) in [6.07, 6.45) is -0.0225. The molecule has 0 saturated carbocycles. The van der Waals surface area contributed by atoms with E-state index in [0.29, 0.717) is 44.4 Å². The molecule has 0 aromatic heterocycles. The summed E-state index contributed by atoms with van der Waals surface area (Å²) in [5.41, 5.74) is 5.90. The number of amides is 1. The van der Waals surface area contributed by atoms with Gasteiger partial charge in [-0.25, -0.2) is 4.79 Å². The van der Waals surface area contributed by atoms with E-state index in [4.69, 9.17) is 29.4 Å². The van der Waals surface area contributed by atoms with Crippen molar-refractivity contribution in [1.29, 1.82) is 0 Å². The molecule has 0 radical (unpaired) electrons. The average molecular weight is 447 g/mol. The van der Waals surface area contributed by atoms with Gasteiger partial charge in [0.15, 0.2) is 11.5 Å². The van der Waals surface area contributed by atoms with Crippen LogP contribution in [0.5, 0.6) is 11.5 Å². The lowest BCUT2D eigenvalue weighted by Gasteiger charge is -2.32. The summed E-state index contributed by atoms with van der Waals surface area (Å²) < 4.78 is 27.9. The molecule has 2 rings (SSSR count). The van der Waals surface area contributed by atoms with Gasteiger partial charge < -0.3 is 34.3 Å². The van der Waals surface area contributed by atoms with Gasteiger partial charge in [-0.1, -0.05) is 26.0 Å². The molecule has 1 amide bonds. The Kier molecular flexibility index (Phi) is 12.5. The highest BCUT2D eigenvalue weighted by molar-refractivity contribution is 5.85. The van der Waals surface area contributed by atoms with Crippen LogP contribution >= 0.6 is 12.4 Å². The highest BCUT2D eigenvalue weighted by Gasteiger charge is 2.26. The van der Waals surface area contributed by atoms with E-state index in [0.717, 1.165) is 6.42 Å². The van der Waals surface area contributed by atoms with Gasteiger partial charge in [-0.05, 0) is 31.4 Å². The SMILES string of the molecule is CCOc1ccccc1OCC1CN(C(=O)OCCO[C@H](N)C(C)CC)CCO1.Cl. The molecular weight excluding hydrogens is 412 g/mol. The van der Waals surface area contributed by atoms with Gasteiger partial charge in [-0.15, -0.1) is 12.4 Å². The van der Waals surface area contributed by atoms with E-state index in [1.165, 1.54) is 0 Å². The summed E-state index contributed by atoms with van der Waals surface area (Å²) in [4.78, 5) is 13.9. The molecule has 172 valence electrons. The summed E-state index contributed by atoms with van der Waals surface area (Å²) in [5.74, 6) is 1.61. The molecule has 0 bridgehead atoms. The number of nitrogens with two attached hydrogens (primary N) is 1. The number of nitrogens with zero attached hydrogens (tertiary/aromatic N) is 1. The van der Waals surface area contributed by atoms with Crippen molar-refractivity contribution in [1.82, 2.24) is 4.90 Å². The molecule has 3 atom stereocenters. The lowest BCUT2D eigenvalue weighted by atomic mass is 10.1. The molecule has 9 heteroatoms. The van der Waals surface area contributed by atoms with Crippen molar-refractivity contribution >= 4 is 18.5 Å². The maximum Gasteiger partial charge on any atom is 0.410 e. The highest BCUT2D eigenvalue weighted by atomic mass is 35.5. The summed E-state index contributed by atoms with van der Waals surface area (Å²) in [5, 5.41) is 0. The van der Waals surface area contributed by atoms with Crippen molar-refractivity contribution in [2.24, 2.45) is 11.7 Å². The molecule has 1 fully saturated rings. The van der Waals surface area contributed by atoms with Crippen LogP contribution in [0.1, 0.15) is 27.2 Å². The van der Waals surface area contributed by atoms with Crippen molar-refractivity contribution in [3.05, 3.63) is 24.3 Å². The molecule has 1 aromatic carbocycles. The Morgan fingerprint density at radius 3 is 2.60 bits per heavy atom. The zero-order chi connectivity index (χ0) is 21.1. The highest BCUT2D eigenvalue weighted by Crippen LogP contribution is 2.26. The van der Waals surface area contributed by atoms with E-state index in [2.05, 4.69) is 6.92 Å². The zero-order valence-corrected chi connectivity index (χ0v) is 18.9. The number of benzene rings is 1. The van der Waals surface area contributed by atoms with E-state index < -0.39 is 0 Å². The van der Waals surface area contributed by atoms with Crippen LogP contribution < -0.4 is 15.2 Å². The van der Waals surface area contributed by atoms with E-state index >= 15 is 0 Å². The second-order valence-electron chi connectivity index (χ2n) is 6.96. The van der Waals surface area contributed by atoms with Crippen LogP contribution in [0.2, 0.25) is 0 Å². The van der Waals surface area contributed by atoms with Crippen LogP contribution in [0, 0.1) is 5.92 Å². The van der Waals surface area contributed by atoms with Crippen LogP contribution in [0.3, 0.4) is 0 Å². The molecule has 1 aliphatic heterocycles. The number of carbonyl (C=O) groups is 1. The predicted octanol–water partition coefficient (Wildman–Crippen LogP) is 3.07. The maximum absolute atomic E-state index is 12.3. The fraction of sp³-hybridized carbons (Fsp3) is 0.667. The fourth-order valence-electron chi connectivity index (χ4n) is 2.81. The number of morpholine rings is 1. The Balaban J connectivity index is 0.00000450. The van der Waals surface area contributed by atoms with Crippen LogP contribution in [-0.2, 0) is 14.2 Å². The number of hydrogen-bond acceptors (Lipinski definition) is 7. The first-order chi connectivity index (χ1) is 14.0. The lowest BCUT2D eigenvalue weighted by Crippen LogP contribution is -2.48. The minimum absolute atomic E-state index is 0. The summed E-state index contributed by atoms with van der Waals surface area (Å²) >= 11 is 0. The number of para-hydroxylation sites is 2. The van der Waals surface area contributed by atoms with Gasteiger partial charge in [-0.3, -0.25) is 0 Å². The van der Waals surface area contributed by atoms with E-state index in [-0.39, 0.29) is 50.0 Å². The standard InChI is InChI=1S/C21H34N2O6.ClH/c1-4-16(3)20(22)27-12-13-28-21(24)23-10-11-26-17(14-23)15-29-19-9-7-6-8-18(19)25-5-2;/h6-9,16-17,20H,4-5,10-15,22H2,1-3H3;1H/t16?,17?,20-;/m0./s1. The second-order valence-corrected chi connectivity index (χ2v) is 6.96. The molecule has 0 spiro atoms. The van der Waals surface area contributed by atoms with Gasteiger partial charge in [0.1, 0.15) is 25.5 Å². The minimum Gasteiger partial charge on any atom is -0.490 e. The Morgan fingerprint density at radius 2 is 1.93 bits per heavy atom. The van der Waals surface area contributed by atoms with Gasteiger partial charge >= 0.3 is 6.09 Å². The molecule has 30 heavy (non-hydrogen) atoms. The van der Waals surface area contributed by atoms with Gasteiger partial charge in [-0.2, -0.15) is 0 Å². The van der Waals surface area contributed by atoms with Gasteiger partial charge in [0.2, 0.25) is 0 Å². The maximum atomic E-state index is 12.3. The minimum atomic E-state index is -0.381. The third-order valence-corrected chi connectivity index (χ3v) is 4.79. The van der Waals surface area contributed by atoms with Crippen molar-refractivity contribution in [3.8, 4) is 11.5 Å². The lowest BCUT2D eigenvalue weighted by molar-refractivity contribution is -0.0507. The van der Waals surface area contributed by atoms with Crippen molar-refractivity contribution in [2.45, 2.75) is 39.5 Å². The molecular formula is C21H35ClN2O6. The van der Waals surface area contributed by atoms with Crippen molar-refractivity contribution < 1.29 is 28.5 Å². The first-order valence-corrected chi connectivity index (χ1v) is 10.3. The first kappa shape index (κ1) is 26.3. The average Bonchev–Trinajstić information content (AvgIpc) is 2.75. The van der Waals surface area contributed by atoms with Crippen molar-refractivity contribution in [2.75, 3.05) is 46.1 Å². The number of hydrogen-bond donors (Lipinski definition) is 1. The van der Waals surface area contributed by atoms with Crippen LogP contribution in [0.25, 0.3) is 0 Å². The molecule has 0 aliphatic carbocycles. The molecule has 8 nitrogen and oxygen atoms in total. The monoisotopic (exact) mass is 446 g/mol. The van der Waals surface area contributed by atoms with Crippen LogP contribution in [-0.4, -0.2) is 69.4 Å². The van der Waals surface area contributed by atoms with Crippen LogP contribution in [0.4, 0.5) is 4.79 Å². The Hall–Kier alpha value is -1.74. The topological polar surface area (TPSA) is 92.5 Å². The zero-order valence-electron chi connectivity index (χ0n) is 18.1. The normalized spacial score (nSPS) is 18.1. The van der Waals surface area contributed by atoms with Gasteiger partial charge in [0.25, 0.3) is 0 Å². The summed E-state index contributed by atoms with van der Waals surface area (Å²) in [6, 6.07) is 7.49. The van der Waals surface area contributed by atoms with Gasteiger partial charge in [0.05, 0.1) is 26.4 Å². The summed E-state index contributed by atoms with van der Waals surface area (Å²) in [6.45, 7) is 8.67. The smallest absolute Gasteiger partial charge is 0.410 e. The van der Waals surface area contributed by atoms with E-state index in [1.807, 2.05) is 38.1 Å². The molecule has 1 aromatic rings. The quantitative estimate of drug-likeness (QED) is 0.412. The Morgan fingerprint density at radius 1 is 1.23 bits per heavy atom. The Labute approximate surface area is 185 Å². The molecule has 1 saturated heterocycles. The van der Waals surface area contributed by atoms with Crippen LogP contribution in [0.15, 0.2) is 24.3 Å². The number of ether oxygens (including phenoxy) is 5. The molecule has 2 unspecified atom stereocenters. The largest absolute Gasteiger partial charge is 0.490 e. The number of carbonyl (C=O) groups excluding carboxylic acids is 1. The summed E-state index contributed by atoms with van der Waals surface area (Å²) in [7, 11) is 0. The Bertz CT molecular complexity index is 621. The third-order valence-electron chi connectivity index (χ3n) is 4.79. The molecule has 1 aliphatic rings. The molecule has 2 N–H and O–H groups in total. The first-order valence-electron chi connectivity index (χ1n) is 10.3. The fourth-order valence-corrected chi connectivity index (χ4v) is 2.81. The van der Waals surface area contributed by atoms with Crippen molar-refractivity contribution in [3.63, 3.8) is 0 Å².